The predicted octanol–water partition coefficient (Wildman–Crippen LogP) is 2.61. The van der Waals surface area contributed by atoms with E-state index in [0.717, 1.165) is 44.6 Å². The summed E-state index contributed by atoms with van der Waals surface area (Å²) in [7, 11) is 0. The van der Waals surface area contributed by atoms with Crippen molar-refractivity contribution in [1.82, 2.24) is 4.90 Å². The summed E-state index contributed by atoms with van der Waals surface area (Å²) in [5.74, 6) is 1.16. The van der Waals surface area contributed by atoms with Gasteiger partial charge >= 0.3 is 0 Å². The van der Waals surface area contributed by atoms with Gasteiger partial charge in [-0.15, -0.1) is 0 Å². The molecule has 1 saturated heterocycles. The lowest BCUT2D eigenvalue weighted by atomic mass is 9.51. The highest BCUT2D eigenvalue weighted by Crippen LogP contribution is 2.56. The molecule has 2 bridgehead atoms. The standard InChI is InChI=1S/C22H30N2O2/c23-21(26)16-5-4-15-11-20-18-7-6-17(25)12-22(18,19(15)10-16)8-9-24(20)13-14-2-1-3-14/h4-5,10,14,17-18,20,25H,1-3,6-9,11-13H2,(H2,23,26)/t17-,18-,20+,22-/m0/s1. The molecule has 4 nitrogen and oxygen atoms in total. The lowest BCUT2D eigenvalue weighted by Crippen LogP contribution is -2.63. The zero-order valence-corrected chi connectivity index (χ0v) is 15.5. The van der Waals surface area contributed by atoms with Crippen molar-refractivity contribution in [1.29, 1.82) is 0 Å². The molecule has 1 aliphatic heterocycles. The van der Waals surface area contributed by atoms with Gasteiger partial charge in [-0.2, -0.15) is 0 Å². The Balaban J connectivity index is 1.55. The lowest BCUT2D eigenvalue weighted by molar-refractivity contribution is -0.0556. The third-order valence-electron chi connectivity index (χ3n) is 7.98. The zero-order chi connectivity index (χ0) is 17.9. The fourth-order valence-corrected chi connectivity index (χ4v) is 6.48. The highest BCUT2D eigenvalue weighted by atomic mass is 16.3. The number of hydrogen-bond donors (Lipinski definition) is 2. The summed E-state index contributed by atoms with van der Waals surface area (Å²) < 4.78 is 0. The van der Waals surface area contributed by atoms with Gasteiger partial charge in [0.15, 0.2) is 0 Å². The van der Waals surface area contributed by atoms with E-state index in [9.17, 15) is 9.90 Å². The molecule has 4 heteroatoms. The van der Waals surface area contributed by atoms with Gasteiger partial charge in [0, 0.05) is 23.6 Å². The number of primary amides is 1. The first-order chi connectivity index (χ1) is 12.6. The van der Waals surface area contributed by atoms with Crippen LogP contribution in [0.5, 0.6) is 0 Å². The number of benzene rings is 1. The van der Waals surface area contributed by atoms with Gasteiger partial charge in [0.05, 0.1) is 6.10 Å². The average Bonchev–Trinajstić information content (AvgIpc) is 2.58. The van der Waals surface area contributed by atoms with Crippen LogP contribution in [0.15, 0.2) is 18.2 Å². The molecular formula is C22H30N2O2. The highest BCUT2D eigenvalue weighted by molar-refractivity contribution is 5.93. The molecule has 4 aliphatic rings. The van der Waals surface area contributed by atoms with E-state index in [-0.39, 0.29) is 17.4 Å². The van der Waals surface area contributed by atoms with Crippen LogP contribution in [-0.2, 0) is 11.8 Å². The first-order valence-electron chi connectivity index (χ1n) is 10.4. The van der Waals surface area contributed by atoms with Gasteiger partial charge in [0.25, 0.3) is 0 Å². The first-order valence-corrected chi connectivity index (χ1v) is 10.4. The second-order valence-electron chi connectivity index (χ2n) is 9.25. The van der Waals surface area contributed by atoms with Crippen molar-refractivity contribution in [3.63, 3.8) is 0 Å². The normalized spacial score (nSPS) is 36.7. The van der Waals surface area contributed by atoms with Gasteiger partial charge in [-0.05, 0) is 86.6 Å². The number of carbonyl (C=O) groups is 1. The maximum Gasteiger partial charge on any atom is 0.248 e. The van der Waals surface area contributed by atoms with E-state index in [2.05, 4.69) is 17.0 Å². The molecule has 1 aromatic rings. The minimum atomic E-state index is -0.346. The van der Waals surface area contributed by atoms with Crippen molar-refractivity contribution in [2.75, 3.05) is 13.1 Å². The summed E-state index contributed by atoms with van der Waals surface area (Å²) in [4.78, 5) is 14.5. The lowest BCUT2D eigenvalue weighted by Gasteiger charge is -2.60. The molecular weight excluding hydrogens is 324 g/mol. The van der Waals surface area contributed by atoms with Gasteiger partial charge in [-0.3, -0.25) is 9.69 Å². The van der Waals surface area contributed by atoms with Crippen LogP contribution in [0.2, 0.25) is 0 Å². The van der Waals surface area contributed by atoms with Crippen LogP contribution in [0.3, 0.4) is 0 Å². The van der Waals surface area contributed by atoms with E-state index in [1.54, 1.807) is 0 Å². The number of aliphatic hydroxyl groups is 1. The molecule has 1 heterocycles. The van der Waals surface area contributed by atoms with E-state index in [1.165, 1.54) is 36.9 Å². The molecule has 3 fully saturated rings. The summed E-state index contributed by atoms with van der Waals surface area (Å²) in [6.07, 6.45) is 9.05. The molecule has 140 valence electrons. The van der Waals surface area contributed by atoms with Crippen molar-refractivity contribution >= 4 is 5.91 Å². The van der Waals surface area contributed by atoms with Crippen molar-refractivity contribution in [3.05, 3.63) is 34.9 Å². The fourth-order valence-electron chi connectivity index (χ4n) is 6.48. The molecule has 26 heavy (non-hydrogen) atoms. The Kier molecular flexibility index (Phi) is 3.91. The number of nitrogens with zero attached hydrogens (tertiary/aromatic N) is 1. The number of fused-ring (bicyclic) bond motifs is 1. The van der Waals surface area contributed by atoms with Crippen LogP contribution in [0.1, 0.15) is 66.4 Å². The molecule has 4 atom stereocenters. The summed E-state index contributed by atoms with van der Waals surface area (Å²) in [5.41, 5.74) is 8.92. The van der Waals surface area contributed by atoms with Crippen LogP contribution < -0.4 is 5.73 Å². The largest absolute Gasteiger partial charge is 0.393 e. The minimum absolute atomic E-state index is 0.0392. The second-order valence-corrected chi connectivity index (χ2v) is 9.25. The Labute approximate surface area is 155 Å². The third-order valence-corrected chi connectivity index (χ3v) is 7.98. The fraction of sp³-hybridized carbons (Fsp3) is 0.682. The minimum Gasteiger partial charge on any atom is -0.393 e. The third kappa shape index (κ3) is 2.45. The molecule has 1 aromatic carbocycles. The molecule has 3 N–H and O–H groups in total. The molecule has 1 amide bonds. The summed E-state index contributed by atoms with van der Waals surface area (Å²) in [5, 5.41) is 10.5. The Morgan fingerprint density at radius 3 is 2.85 bits per heavy atom. The number of amides is 1. The van der Waals surface area contributed by atoms with Crippen LogP contribution in [0.4, 0.5) is 0 Å². The molecule has 0 spiro atoms. The quantitative estimate of drug-likeness (QED) is 0.877. The SMILES string of the molecule is NC(=O)c1ccc2c(c1)[C@]13CCN(CC4CCC4)[C@H](C2)[C@@H]1CC[C@H](O)C3. The van der Waals surface area contributed by atoms with Gasteiger partial charge in [0.2, 0.25) is 5.91 Å². The van der Waals surface area contributed by atoms with Gasteiger partial charge in [0.1, 0.15) is 0 Å². The Hall–Kier alpha value is -1.39. The van der Waals surface area contributed by atoms with E-state index in [0.29, 0.717) is 17.5 Å². The number of carbonyl (C=O) groups excluding carboxylic acids is 1. The second kappa shape index (κ2) is 6.07. The Bertz CT molecular complexity index is 729. The topological polar surface area (TPSA) is 66.6 Å². The van der Waals surface area contributed by atoms with Crippen molar-refractivity contribution in [2.24, 2.45) is 17.6 Å². The summed E-state index contributed by atoms with van der Waals surface area (Å²) in [6.45, 7) is 2.39. The first kappa shape index (κ1) is 16.8. The summed E-state index contributed by atoms with van der Waals surface area (Å²) in [6, 6.07) is 6.68. The van der Waals surface area contributed by atoms with Crippen molar-refractivity contribution < 1.29 is 9.90 Å². The van der Waals surface area contributed by atoms with Crippen LogP contribution in [0.25, 0.3) is 0 Å². The smallest absolute Gasteiger partial charge is 0.248 e. The highest BCUT2D eigenvalue weighted by Gasteiger charge is 2.55. The number of aliphatic hydroxyl groups excluding tert-OH is 1. The van der Waals surface area contributed by atoms with Crippen molar-refractivity contribution in [2.45, 2.75) is 68.9 Å². The van der Waals surface area contributed by atoms with Gasteiger partial charge in [-0.1, -0.05) is 12.5 Å². The van der Waals surface area contributed by atoms with E-state index in [1.807, 2.05) is 6.07 Å². The summed E-state index contributed by atoms with van der Waals surface area (Å²) >= 11 is 0. The molecule has 0 unspecified atom stereocenters. The Morgan fingerprint density at radius 2 is 2.12 bits per heavy atom. The number of likely N-dealkylation sites (tertiary alicyclic amines) is 1. The predicted molar refractivity (Wildman–Crippen MR) is 101 cm³/mol. The number of rotatable bonds is 3. The average molecular weight is 354 g/mol. The molecule has 2 saturated carbocycles. The molecule has 3 aliphatic carbocycles. The zero-order valence-electron chi connectivity index (χ0n) is 15.5. The van der Waals surface area contributed by atoms with Crippen LogP contribution in [0, 0.1) is 11.8 Å². The Morgan fingerprint density at radius 1 is 1.27 bits per heavy atom. The van der Waals surface area contributed by atoms with Crippen LogP contribution in [-0.4, -0.2) is 41.1 Å². The number of nitrogens with two attached hydrogens (primary N) is 1. The maximum atomic E-state index is 11.8. The van der Waals surface area contributed by atoms with E-state index < -0.39 is 0 Å². The van der Waals surface area contributed by atoms with E-state index >= 15 is 0 Å². The molecule has 5 rings (SSSR count). The molecule has 0 aromatic heterocycles. The van der Waals surface area contributed by atoms with Gasteiger partial charge < -0.3 is 10.8 Å². The number of hydrogen-bond acceptors (Lipinski definition) is 3. The maximum absolute atomic E-state index is 11.8. The molecule has 0 radical (unpaired) electrons. The van der Waals surface area contributed by atoms with E-state index in [4.69, 9.17) is 5.73 Å². The monoisotopic (exact) mass is 354 g/mol. The van der Waals surface area contributed by atoms with Crippen LogP contribution >= 0.6 is 0 Å². The van der Waals surface area contributed by atoms with Crippen molar-refractivity contribution in [3.8, 4) is 0 Å². The van der Waals surface area contributed by atoms with Gasteiger partial charge in [-0.25, -0.2) is 0 Å². The number of piperidine rings is 1.